The largest absolute Gasteiger partial charge is 0.368 e. The van der Waals surface area contributed by atoms with E-state index in [9.17, 15) is 14.0 Å². The van der Waals surface area contributed by atoms with Crippen LogP contribution in [0.1, 0.15) is 17.9 Å². The van der Waals surface area contributed by atoms with Gasteiger partial charge in [-0.25, -0.2) is 4.39 Å². The van der Waals surface area contributed by atoms with Crippen LogP contribution >= 0.6 is 0 Å². The lowest BCUT2D eigenvalue weighted by molar-refractivity contribution is -0.135. The second-order valence-corrected chi connectivity index (χ2v) is 6.55. The highest BCUT2D eigenvalue weighted by molar-refractivity contribution is 6.01. The summed E-state index contributed by atoms with van der Waals surface area (Å²) >= 11 is 0. The molecule has 1 N–H and O–H groups in total. The quantitative estimate of drug-likeness (QED) is 0.896. The Hall–Kier alpha value is -2.96. The Kier molecular flexibility index (Phi) is 4.28. The standard InChI is InChI=1S/C19H19FN4O2/c20-13-1-2-17-15(11-13)16(12-18(25)22-17)19(26)24-9-7-23(8-10-24)14-3-5-21-6-4-14/h1-6,11,16H,7-10,12H2,(H,22,25)/t16-/m1/s1. The van der Waals surface area contributed by atoms with Crippen LogP contribution in [0.5, 0.6) is 0 Å². The summed E-state index contributed by atoms with van der Waals surface area (Å²) in [5.41, 5.74) is 2.17. The summed E-state index contributed by atoms with van der Waals surface area (Å²) in [6.07, 6.45) is 3.55. The molecule has 4 rings (SSSR count). The SMILES string of the molecule is O=C1C[C@@H](C(=O)N2CCN(c3ccncc3)CC2)c2cc(F)ccc2N1. The first kappa shape index (κ1) is 16.5. The van der Waals surface area contributed by atoms with E-state index < -0.39 is 11.7 Å². The van der Waals surface area contributed by atoms with Crippen LogP contribution in [0, 0.1) is 5.82 Å². The number of carbonyl (C=O) groups excluding carboxylic acids is 2. The molecule has 3 heterocycles. The zero-order valence-electron chi connectivity index (χ0n) is 14.2. The summed E-state index contributed by atoms with van der Waals surface area (Å²) in [7, 11) is 0. The van der Waals surface area contributed by atoms with Crippen LogP contribution in [-0.2, 0) is 9.59 Å². The molecule has 1 aromatic carbocycles. The Morgan fingerprint density at radius 1 is 1.12 bits per heavy atom. The molecule has 0 aliphatic carbocycles. The molecule has 0 radical (unpaired) electrons. The van der Waals surface area contributed by atoms with E-state index in [4.69, 9.17) is 0 Å². The first-order valence-corrected chi connectivity index (χ1v) is 8.65. The number of amides is 2. The molecule has 1 fully saturated rings. The third-order valence-corrected chi connectivity index (χ3v) is 4.97. The number of nitrogens with zero attached hydrogens (tertiary/aromatic N) is 3. The van der Waals surface area contributed by atoms with Crippen molar-refractivity contribution < 1.29 is 14.0 Å². The molecule has 0 saturated carbocycles. The number of aromatic nitrogens is 1. The molecule has 134 valence electrons. The van der Waals surface area contributed by atoms with E-state index in [0.717, 1.165) is 5.69 Å². The van der Waals surface area contributed by atoms with Gasteiger partial charge in [0.2, 0.25) is 11.8 Å². The van der Waals surface area contributed by atoms with Crippen LogP contribution in [0.25, 0.3) is 0 Å². The summed E-state index contributed by atoms with van der Waals surface area (Å²) < 4.78 is 13.7. The molecular formula is C19H19FN4O2. The summed E-state index contributed by atoms with van der Waals surface area (Å²) in [5, 5.41) is 2.71. The highest BCUT2D eigenvalue weighted by Crippen LogP contribution is 2.34. The molecule has 0 bridgehead atoms. The number of hydrogen-bond donors (Lipinski definition) is 1. The molecule has 2 aliphatic heterocycles. The lowest BCUT2D eigenvalue weighted by atomic mass is 9.89. The maximum Gasteiger partial charge on any atom is 0.230 e. The Morgan fingerprint density at radius 3 is 2.58 bits per heavy atom. The second kappa shape index (κ2) is 6.74. The smallest absolute Gasteiger partial charge is 0.230 e. The average Bonchev–Trinajstić information content (AvgIpc) is 2.68. The van der Waals surface area contributed by atoms with Gasteiger partial charge in [-0.05, 0) is 35.9 Å². The van der Waals surface area contributed by atoms with Gasteiger partial charge >= 0.3 is 0 Å². The Balaban J connectivity index is 1.49. The van der Waals surface area contributed by atoms with Crippen LogP contribution < -0.4 is 10.2 Å². The van der Waals surface area contributed by atoms with Crippen molar-refractivity contribution in [3.8, 4) is 0 Å². The molecule has 2 aliphatic rings. The summed E-state index contributed by atoms with van der Waals surface area (Å²) in [6, 6.07) is 8.05. The molecule has 0 unspecified atom stereocenters. The fourth-order valence-corrected chi connectivity index (χ4v) is 3.61. The number of halogens is 1. The number of piperazine rings is 1. The molecule has 1 saturated heterocycles. The first-order valence-electron chi connectivity index (χ1n) is 8.65. The second-order valence-electron chi connectivity index (χ2n) is 6.55. The fraction of sp³-hybridized carbons (Fsp3) is 0.316. The summed E-state index contributed by atoms with van der Waals surface area (Å²) in [6.45, 7) is 2.57. The van der Waals surface area contributed by atoms with E-state index in [0.29, 0.717) is 37.4 Å². The summed E-state index contributed by atoms with van der Waals surface area (Å²) in [5.74, 6) is -1.35. The fourth-order valence-electron chi connectivity index (χ4n) is 3.61. The zero-order chi connectivity index (χ0) is 18.1. The normalized spacial score (nSPS) is 19.7. The number of rotatable bonds is 2. The predicted molar refractivity (Wildman–Crippen MR) is 95.4 cm³/mol. The lowest BCUT2D eigenvalue weighted by Crippen LogP contribution is -2.50. The van der Waals surface area contributed by atoms with Crippen LogP contribution in [0.3, 0.4) is 0 Å². The maximum atomic E-state index is 13.7. The van der Waals surface area contributed by atoms with Gasteiger partial charge in [-0.1, -0.05) is 0 Å². The van der Waals surface area contributed by atoms with E-state index >= 15 is 0 Å². The predicted octanol–water partition coefficient (Wildman–Crippen LogP) is 2.00. The maximum absolute atomic E-state index is 13.7. The van der Waals surface area contributed by atoms with Gasteiger partial charge in [0.1, 0.15) is 5.82 Å². The minimum absolute atomic E-state index is 0.0554. The number of carbonyl (C=O) groups is 2. The third-order valence-electron chi connectivity index (χ3n) is 4.97. The van der Waals surface area contributed by atoms with Gasteiger partial charge in [0.05, 0.1) is 5.92 Å². The molecule has 26 heavy (non-hydrogen) atoms. The van der Waals surface area contributed by atoms with Crippen LogP contribution in [0.15, 0.2) is 42.7 Å². The van der Waals surface area contributed by atoms with E-state index in [1.165, 1.54) is 18.2 Å². The Labute approximate surface area is 150 Å². The van der Waals surface area contributed by atoms with Crippen molar-refractivity contribution in [3.63, 3.8) is 0 Å². The lowest BCUT2D eigenvalue weighted by Gasteiger charge is -2.38. The monoisotopic (exact) mass is 354 g/mol. The molecule has 1 atom stereocenters. The molecular weight excluding hydrogens is 335 g/mol. The van der Waals surface area contributed by atoms with Gasteiger partial charge in [0.25, 0.3) is 0 Å². The number of nitrogens with one attached hydrogen (secondary N) is 1. The van der Waals surface area contributed by atoms with Crippen molar-refractivity contribution in [2.75, 3.05) is 36.4 Å². The number of pyridine rings is 1. The van der Waals surface area contributed by atoms with Gasteiger partial charge in [-0.2, -0.15) is 0 Å². The minimum Gasteiger partial charge on any atom is -0.368 e. The minimum atomic E-state index is -0.623. The van der Waals surface area contributed by atoms with E-state index in [-0.39, 0.29) is 18.2 Å². The van der Waals surface area contributed by atoms with Gasteiger partial charge in [-0.3, -0.25) is 14.6 Å². The van der Waals surface area contributed by atoms with Crippen LogP contribution in [0.4, 0.5) is 15.8 Å². The zero-order valence-corrected chi connectivity index (χ0v) is 14.2. The molecule has 2 aromatic rings. The van der Waals surface area contributed by atoms with Crippen LogP contribution in [-0.4, -0.2) is 47.9 Å². The Morgan fingerprint density at radius 2 is 1.85 bits per heavy atom. The number of hydrogen-bond acceptors (Lipinski definition) is 4. The van der Waals surface area contributed by atoms with Gasteiger partial charge in [0.15, 0.2) is 0 Å². The van der Waals surface area contributed by atoms with Crippen molar-refractivity contribution in [2.45, 2.75) is 12.3 Å². The van der Waals surface area contributed by atoms with Gasteiger partial charge in [0, 0.05) is 56.4 Å². The first-order chi connectivity index (χ1) is 12.6. The molecule has 6 nitrogen and oxygen atoms in total. The molecule has 7 heteroatoms. The third kappa shape index (κ3) is 3.12. The molecule has 2 amide bonds. The van der Waals surface area contributed by atoms with Crippen LogP contribution in [0.2, 0.25) is 0 Å². The van der Waals surface area contributed by atoms with E-state index in [1.54, 1.807) is 17.3 Å². The van der Waals surface area contributed by atoms with Crippen molar-refractivity contribution in [1.82, 2.24) is 9.88 Å². The van der Waals surface area contributed by atoms with Gasteiger partial charge < -0.3 is 15.1 Å². The number of benzene rings is 1. The topological polar surface area (TPSA) is 65.5 Å². The highest BCUT2D eigenvalue weighted by Gasteiger charge is 2.34. The highest BCUT2D eigenvalue weighted by atomic mass is 19.1. The Bertz CT molecular complexity index is 835. The van der Waals surface area contributed by atoms with Crippen molar-refractivity contribution in [3.05, 3.63) is 54.1 Å². The van der Waals surface area contributed by atoms with Crippen molar-refractivity contribution >= 4 is 23.2 Å². The number of fused-ring (bicyclic) bond motifs is 1. The van der Waals surface area contributed by atoms with Crippen molar-refractivity contribution in [1.29, 1.82) is 0 Å². The average molecular weight is 354 g/mol. The van der Waals surface area contributed by atoms with Crippen molar-refractivity contribution in [2.24, 2.45) is 0 Å². The van der Waals surface area contributed by atoms with E-state index in [2.05, 4.69) is 15.2 Å². The molecule has 1 aromatic heterocycles. The van der Waals surface area contributed by atoms with E-state index in [1.807, 2.05) is 12.1 Å². The van der Waals surface area contributed by atoms with Gasteiger partial charge in [-0.15, -0.1) is 0 Å². The summed E-state index contributed by atoms with van der Waals surface area (Å²) in [4.78, 5) is 33.0. The molecule has 0 spiro atoms. The number of anilines is 2.